The van der Waals surface area contributed by atoms with Crippen LogP contribution in [0.15, 0.2) is 40.8 Å². The van der Waals surface area contributed by atoms with Crippen LogP contribution in [-0.2, 0) is 31.9 Å². The molecular weight excluding hydrogens is 450 g/mol. The SMILES string of the molecule is CC(/C=C/CCCO)=C\[C@@H]1Cc2nc(cs2)CCCCC(=O)O[C@@H](C)C/C(C)=C/C#CC(=O)O1. The molecule has 0 unspecified atom stereocenters. The van der Waals surface area contributed by atoms with Crippen molar-refractivity contribution in [2.45, 2.75) is 84.3 Å². The van der Waals surface area contributed by atoms with Crippen molar-refractivity contribution >= 4 is 23.3 Å². The summed E-state index contributed by atoms with van der Waals surface area (Å²) in [6, 6.07) is 0. The normalized spacial score (nSPS) is 22.9. The maximum absolute atomic E-state index is 12.4. The van der Waals surface area contributed by atoms with E-state index in [4.69, 9.17) is 14.6 Å². The van der Waals surface area contributed by atoms with Gasteiger partial charge in [0.15, 0.2) is 0 Å². The number of aromatic nitrogens is 1. The van der Waals surface area contributed by atoms with E-state index in [-0.39, 0.29) is 18.7 Å². The molecule has 1 aliphatic heterocycles. The van der Waals surface area contributed by atoms with Crippen LogP contribution in [0.25, 0.3) is 0 Å². The van der Waals surface area contributed by atoms with Crippen LogP contribution in [0.1, 0.15) is 70.0 Å². The monoisotopic (exact) mass is 485 g/mol. The Morgan fingerprint density at radius 1 is 1.26 bits per heavy atom. The minimum Gasteiger partial charge on any atom is -0.462 e. The maximum atomic E-state index is 12.4. The standard InChI is InChI=1S/C27H35NO5S/c1-20-11-9-14-27(31)33-24(17-21(2)10-5-4-8-15-29)18-25-28-23(19-34-25)12-6-7-13-26(30)32-22(3)16-20/h5,10-11,17,19,22,24,29H,4,6-8,12-13,15-16,18H2,1-3H3/b10-5+,20-11+,21-17+/t22-,24+/m0/s1. The van der Waals surface area contributed by atoms with Gasteiger partial charge in [-0.05, 0) is 65.0 Å². The number of ether oxygens (including phenoxy) is 2. The molecule has 7 heteroatoms. The van der Waals surface area contributed by atoms with Crippen LogP contribution in [0.5, 0.6) is 0 Å². The maximum Gasteiger partial charge on any atom is 0.385 e. The Morgan fingerprint density at radius 3 is 2.85 bits per heavy atom. The predicted octanol–water partition coefficient (Wildman–Crippen LogP) is 4.87. The zero-order chi connectivity index (χ0) is 24.8. The summed E-state index contributed by atoms with van der Waals surface area (Å²) in [6.45, 7) is 5.86. The second kappa shape index (κ2) is 15.3. The lowest BCUT2D eigenvalue weighted by Gasteiger charge is -2.13. The number of aliphatic hydroxyl groups excluding tert-OH is 1. The Hall–Kier alpha value is -2.69. The van der Waals surface area contributed by atoms with Crippen LogP contribution < -0.4 is 0 Å². The summed E-state index contributed by atoms with van der Waals surface area (Å²) < 4.78 is 11.1. The molecule has 34 heavy (non-hydrogen) atoms. The highest BCUT2D eigenvalue weighted by Gasteiger charge is 2.15. The Kier molecular flexibility index (Phi) is 12.4. The highest BCUT2D eigenvalue weighted by molar-refractivity contribution is 7.09. The first-order valence-electron chi connectivity index (χ1n) is 11.8. The van der Waals surface area contributed by atoms with Gasteiger partial charge in [0.05, 0.1) is 10.7 Å². The van der Waals surface area contributed by atoms with E-state index in [0.717, 1.165) is 47.5 Å². The van der Waals surface area contributed by atoms with Crippen LogP contribution in [0.2, 0.25) is 0 Å². The van der Waals surface area contributed by atoms with E-state index < -0.39 is 12.1 Å². The zero-order valence-corrected chi connectivity index (χ0v) is 21.2. The molecule has 0 aromatic carbocycles. The third kappa shape index (κ3) is 11.4. The average Bonchev–Trinajstić information content (AvgIpc) is 3.20. The number of carbonyl (C=O) groups excluding carboxylic acids is 2. The number of cyclic esters (lactones) is 2. The zero-order valence-electron chi connectivity index (χ0n) is 20.3. The lowest BCUT2D eigenvalue weighted by atomic mass is 10.1. The Bertz CT molecular complexity index is 963. The number of aryl methyl sites for hydroxylation is 1. The van der Waals surface area contributed by atoms with Gasteiger partial charge in [0.2, 0.25) is 0 Å². The minimum atomic E-state index is -0.600. The van der Waals surface area contributed by atoms with Crippen LogP contribution >= 0.6 is 11.3 Å². The van der Waals surface area contributed by atoms with Crippen LogP contribution in [0.4, 0.5) is 0 Å². The van der Waals surface area contributed by atoms with Gasteiger partial charge in [0, 0.05) is 37.2 Å². The number of thiazole rings is 1. The third-order valence-electron chi connectivity index (χ3n) is 5.09. The Balaban J connectivity index is 2.20. The summed E-state index contributed by atoms with van der Waals surface area (Å²) in [7, 11) is 0. The molecule has 0 radical (unpaired) electrons. The molecule has 1 aliphatic rings. The number of nitrogens with zero attached hydrogens (tertiary/aromatic N) is 1. The van der Waals surface area contributed by atoms with Gasteiger partial charge in [0.1, 0.15) is 12.2 Å². The molecule has 2 heterocycles. The number of hydrogen-bond acceptors (Lipinski definition) is 7. The molecule has 2 bridgehead atoms. The van der Waals surface area contributed by atoms with E-state index in [1.54, 1.807) is 17.4 Å². The summed E-state index contributed by atoms with van der Waals surface area (Å²) in [6.07, 6.45) is 12.1. The van der Waals surface area contributed by atoms with Gasteiger partial charge in [-0.3, -0.25) is 4.79 Å². The smallest absolute Gasteiger partial charge is 0.385 e. The quantitative estimate of drug-likeness (QED) is 0.211. The number of rotatable bonds is 5. The van der Waals surface area contributed by atoms with E-state index in [1.807, 2.05) is 44.4 Å². The first-order chi connectivity index (χ1) is 16.4. The molecule has 6 nitrogen and oxygen atoms in total. The first kappa shape index (κ1) is 27.6. The molecule has 1 N–H and O–H groups in total. The number of carbonyl (C=O) groups is 2. The van der Waals surface area contributed by atoms with Crippen molar-refractivity contribution in [3.63, 3.8) is 0 Å². The highest BCUT2D eigenvalue weighted by Crippen LogP contribution is 2.18. The molecule has 2 rings (SSSR count). The van der Waals surface area contributed by atoms with Gasteiger partial charge in [-0.15, -0.1) is 11.3 Å². The molecule has 0 saturated carbocycles. The van der Waals surface area contributed by atoms with Crippen molar-refractivity contribution in [1.29, 1.82) is 0 Å². The van der Waals surface area contributed by atoms with Crippen molar-refractivity contribution in [1.82, 2.24) is 4.98 Å². The fourth-order valence-corrected chi connectivity index (χ4v) is 4.36. The van der Waals surface area contributed by atoms with Gasteiger partial charge in [-0.25, -0.2) is 9.78 Å². The molecule has 0 amide bonds. The number of fused-ring (bicyclic) bond motifs is 2. The number of aliphatic hydroxyl groups is 1. The fraction of sp³-hybridized carbons (Fsp3) is 0.519. The molecular formula is C27H35NO5S. The summed E-state index contributed by atoms with van der Waals surface area (Å²) in [5, 5.41) is 11.8. The lowest BCUT2D eigenvalue weighted by molar-refractivity contribution is -0.148. The van der Waals surface area contributed by atoms with Gasteiger partial charge in [-0.2, -0.15) is 0 Å². The number of esters is 2. The van der Waals surface area contributed by atoms with Gasteiger partial charge in [0.25, 0.3) is 0 Å². The second-order valence-electron chi connectivity index (χ2n) is 8.53. The van der Waals surface area contributed by atoms with Gasteiger partial charge in [-0.1, -0.05) is 29.2 Å². The van der Waals surface area contributed by atoms with E-state index in [1.165, 1.54) is 0 Å². The Labute approximate surface area is 206 Å². The number of unbranched alkanes of at least 4 members (excludes halogenated alkanes) is 1. The van der Waals surface area contributed by atoms with Crippen molar-refractivity contribution < 1.29 is 24.2 Å². The van der Waals surface area contributed by atoms with Crippen LogP contribution in [0, 0.1) is 11.8 Å². The molecule has 184 valence electrons. The molecule has 0 spiro atoms. The van der Waals surface area contributed by atoms with E-state index in [2.05, 4.69) is 16.8 Å². The van der Waals surface area contributed by atoms with Crippen molar-refractivity contribution in [2.24, 2.45) is 0 Å². The number of hydrogen-bond donors (Lipinski definition) is 1. The molecule has 1 aromatic rings. The van der Waals surface area contributed by atoms with Crippen molar-refractivity contribution in [3.8, 4) is 11.8 Å². The van der Waals surface area contributed by atoms with Crippen LogP contribution in [-0.4, -0.2) is 40.8 Å². The van der Waals surface area contributed by atoms with Crippen LogP contribution in [0.3, 0.4) is 0 Å². The fourth-order valence-electron chi connectivity index (χ4n) is 3.49. The molecule has 0 saturated heterocycles. The predicted molar refractivity (Wildman–Crippen MR) is 134 cm³/mol. The molecule has 2 atom stereocenters. The molecule has 1 aromatic heterocycles. The lowest BCUT2D eigenvalue weighted by Crippen LogP contribution is -2.18. The summed E-state index contributed by atoms with van der Waals surface area (Å²) in [5.41, 5.74) is 2.87. The van der Waals surface area contributed by atoms with E-state index in [9.17, 15) is 9.59 Å². The topological polar surface area (TPSA) is 85.7 Å². The average molecular weight is 486 g/mol. The van der Waals surface area contributed by atoms with Crippen molar-refractivity contribution in [3.05, 3.63) is 51.5 Å². The van der Waals surface area contributed by atoms with Crippen molar-refractivity contribution in [2.75, 3.05) is 6.61 Å². The minimum absolute atomic E-state index is 0.161. The first-order valence-corrected chi connectivity index (χ1v) is 12.7. The Morgan fingerprint density at radius 2 is 2.06 bits per heavy atom. The van der Waals surface area contributed by atoms with E-state index in [0.29, 0.717) is 25.7 Å². The molecule has 0 aliphatic carbocycles. The molecule has 0 fully saturated rings. The van der Waals surface area contributed by atoms with E-state index >= 15 is 0 Å². The largest absolute Gasteiger partial charge is 0.462 e. The van der Waals surface area contributed by atoms with Gasteiger partial charge < -0.3 is 14.6 Å². The summed E-state index contributed by atoms with van der Waals surface area (Å²) >= 11 is 1.54. The summed E-state index contributed by atoms with van der Waals surface area (Å²) in [4.78, 5) is 29.2. The summed E-state index contributed by atoms with van der Waals surface area (Å²) in [5.74, 6) is 4.49. The third-order valence-corrected chi connectivity index (χ3v) is 6.01. The van der Waals surface area contributed by atoms with Gasteiger partial charge >= 0.3 is 11.9 Å². The number of allylic oxidation sites excluding steroid dienone is 4. The highest BCUT2D eigenvalue weighted by atomic mass is 32.1. The second-order valence-corrected chi connectivity index (χ2v) is 9.47.